The molecule has 4 nitrogen and oxygen atoms in total. The summed E-state index contributed by atoms with van der Waals surface area (Å²) in [6.45, 7) is 2.70. The normalized spacial score (nSPS) is 9.87. The highest BCUT2D eigenvalue weighted by Gasteiger charge is 2.19. The van der Waals surface area contributed by atoms with Gasteiger partial charge in [0.05, 0.1) is 0 Å². The standard InChI is InChI=1S/C10H11BO4/c1-6(12)8-3-4-9(7(2)13)10(5-8)11(14)15/h3-5,14-15H,1-2H3. The number of benzene rings is 1. The molecule has 0 spiro atoms. The summed E-state index contributed by atoms with van der Waals surface area (Å²) < 4.78 is 0. The van der Waals surface area contributed by atoms with Crippen molar-refractivity contribution in [3.8, 4) is 0 Å². The third-order valence-corrected chi connectivity index (χ3v) is 2.12. The second-order valence-electron chi connectivity index (χ2n) is 3.29. The number of hydrogen-bond acceptors (Lipinski definition) is 4. The molecule has 0 atom stereocenters. The van der Waals surface area contributed by atoms with Gasteiger partial charge in [0.15, 0.2) is 11.6 Å². The molecular weight excluding hydrogens is 195 g/mol. The molecule has 0 radical (unpaired) electrons. The Kier molecular flexibility index (Phi) is 3.39. The van der Waals surface area contributed by atoms with E-state index in [1.165, 1.54) is 32.0 Å². The Morgan fingerprint density at radius 3 is 2.13 bits per heavy atom. The zero-order valence-corrected chi connectivity index (χ0v) is 8.52. The van der Waals surface area contributed by atoms with Gasteiger partial charge in [-0.05, 0) is 19.3 Å². The van der Waals surface area contributed by atoms with Crippen molar-refractivity contribution in [2.24, 2.45) is 0 Å². The van der Waals surface area contributed by atoms with E-state index in [0.29, 0.717) is 5.56 Å². The van der Waals surface area contributed by atoms with Crippen molar-refractivity contribution in [1.29, 1.82) is 0 Å². The maximum Gasteiger partial charge on any atom is 0.489 e. The van der Waals surface area contributed by atoms with Crippen LogP contribution in [0.5, 0.6) is 0 Å². The van der Waals surface area contributed by atoms with Crippen LogP contribution in [0.25, 0.3) is 0 Å². The Hall–Kier alpha value is -1.46. The predicted octanol–water partition coefficient (Wildman–Crippen LogP) is -0.228. The van der Waals surface area contributed by atoms with Crippen LogP contribution in [0, 0.1) is 0 Å². The SMILES string of the molecule is CC(=O)c1ccc(C(C)=O)c(B(O)O)c1. The van der Waals surface area contributed by atoms with Gasteiger partial charge >= 0.3 is 7.12 Å². The minimum absolute atomic E-state index is 0.0650. The molecule has 0 bridgehead atoms. The van der Waals surface area contributed by atoms with Crippen molar-refractivity contribution in [2.75, 3.05) is 0 Å². The summed E-state index contributed by atoms with van der Waals surface area (Å²) in [5.41, 5.74) is 0.633. The van der Waals surface area contributed by atoms with Crippen molar-refractivity contribution in [2.45, 2.75) is 13.8 Å². The van der Waals surface area contributed by atoms with Gasteiger partial charge in [0.25, 0.3) is 0 Å². The van der Waals surface area contributed by atoms with Gasteiger partial charge in [-0.3, -0.25) is 9.59 Å². The Labute approximate surface area is 87.7 Å². The summed E-state index contributed by atoms with van der Waals surface area (Å²) in [7, 11) is -1.75. The lowest BCUT2D eigenvalue weighted by Crippen LogP contribution is -2.34. The lowest BCUT2D eigenvalue weighted by Gasteiger charge is -2.07. The van der Waals surface area contributed by atoms with Crippen molar-refractivity contribution >= 4 is 24.1 Å². The average Bonchev–Trinajstić information content (AvgIpc) is 2.16. The lowest BCUT2D eigenvalue weighted by molar-refractivity contribution is 0.100. The van der Waals surface area contributed by atoms with Gasteiger partial charge in [0.2, 0.25) is 0 Å². The van der Waals surface area contributed by atoms with Gasteiger partial charge in [0, 0.05) is 11.1 Å². The minimum atomic E-state index is -1.75. The van der Waals surface area contributed by atoms with E-state index in [1.54, 1.807) is 0 Å². The first-order chi connectivity index (χ1) is 6.93. The number of carbonyl (C=O) groups is 2. The van der Waals surface area contributed by atoms with Crippen LogP contribution in [0.4, 0.5) is 0 Å². The topological polar surface area (TPSA) is 74.6 Å². The number of Topliss-reactive ketones (excluding diaryl/α,β-unsaturated/α-hetero) is 2. The van der Waals surface area contributed by atoms with E-state index < -0.39 is 7.12 Å². The van der Waals surface area contributed by atoms with Gasteiger partial charge in [-0.15, -0.1) is 0 Å². The molecule has 1 aromatic rings. The molecule has 2 N–H and O–H groups in total. The van der Waals surface area contributed by atoms with E-state index in [4.69, 9.17) is 10.0 Å². The van der Waals surface area contributed by atoms with E-state index in [1.807, 2.05) is 0 Å². The van der Waals surface area contributed by atoms with Crippen LogP contribution < -0.4 is 5.46 Å². The summed E-state index contributed by atoms with van der Waals surface area (Å²) in [6, 6.07) is 4.24. The largest absolute Gasteiger partial charge is 0.489 e. The van der Waals surface area contributed by atoms with Crippen LogP contribution in [0.2, 0.25) is 0 Å². The Balaban J connectivity index is 3.33. The first kappa shape index (κ1) is 11.6. The maximum absolute atomic E-state index is 11.1. The molecule has 0 fully saturated rings. The molecule has 0 unspecified atom stereocenters. The summed E-state index contributed by atoms with van der Waals surface area (Å²) in [6.07, 6.45) is 0. The first-order valence-electron chi connectivity index (χ1n) is 4.45. The number of rotatable bonds is 3. The number of hydrogen-bond donors (Lipinski definition) is 2. The van der Waals surface area contributed by atoms with E-state index >= 15 is 0 Å². The molecular formula is C10H11BO4. The summed E-state index contributed by atoms with van der Waals surface area (Å²) >= 11 is 0. The summed E-state index contributed by atoms with van der Waals surface area (Å²) in [4.78, 5) is 22.2. The van der Waals surface area contributed by atoms with Crippen molar-refractivity contribution < 1.29 is 19.6 Å². The van der Waals surface area contributed by atoms with Crippen molar-refractivity contribution in [3.05, 3.63) is 29.3 Å². The van der Waals surface area contributed by atoms with Gasteiger partial charge < -0.3 is 10.0 Å². The third-order valence-electron chi connectivity index (χ3n) is 2.12. The fourth-order valence-corrected chi connectivity index (χ4v) is 1.32. The lowest BCUT2D eigenvalue weighted by atomic mass is 9.75. The minimum Gasteiger partial charge on any atom is -0.423 e. The van der Waals surface area contributed by atoms with Crippen LogP contribution in [0.15, 0.2) is 18.2 Å². The van der Waals surface area contributed by atoms with Crippen molar-refractivity contribution in [1.82, 2.24) is 0 Å². The molecule has 0 aliphatic rings. The molecule has 15 heavy (non-hydrogen) atoms. The number of carbonyl (C=O) groups excluding carboxylic acids is 2. The molecule has 0 saturated carbocycles. The zero-order valence-electron chi connectivity index (χ0n) is 8.52. The second kappa shape index (κ2) is 4.38. The van der Waals surface area contributed by atoms with Gasteiger partial charge in [0.1, 0.15) is 0 Å². The Morgan fingerprint density at radius 2 is 1.73 bits per heavy atom. The molecule has 0 aliphatic carbocycles. The highest BCUT2D eigenvalue weighted by Crippen LogP contribution is 2.04. The molecule has 78 valence electrons. The summed E-state index contributed by atoms with van der Waals surface area (Å²) in [5, 5.41) is 18.1. The monoisotopic (exact) mass is 206 g/mol. The highest BCUT2D eigenvalue weighted by molar-refractivity contribution is 6.60. The third kappa shape index (κ3) is 2.52. The van der Waals surface area contributed by atoms with Crippen LogP contribution in [0.3, 0.4) is 0 Å². The maximum atomic E-state index is 11.1. The molecule has 0 saturated heterocycles. The van der Waals surface area contributed by atoms with Crippen LogP contribution in [0.1, 0.15) is 34.6 Å². The molecule has 0 aromatic heterocycles. The molecule has 5 heteroatoms. The Bertz CT molecular complexity index is 412. The molecule has 0 heterocycles. The summed E-state index contributed by atoms with van der Waals surface area (Å²) in [5.74, 6) is -0.458. The van der Waals surface area contributed by atoms with E-state index in [2.05, 4.69) is 0 Å². The predicted molar refractivity (Wildman–Crippen MR) is 56.3 cm³/mol. The average molecular weight is 206 g/mol. The zero-order chi connectivity index (χ0) is 11.6. The van der Waals surface area contributed by atoms with E-state index in [0.717, 1.165) is 0 Å². The first-order valence-corrected chi connectivity index (χ1v) is 4.45. The van der Waals surface area contributed by atoms with E-state index in [9.17, 15) is 9.59 Å². The van der Waals surface area contributed by atoms with Crippen LogP contribution in [-0.2, 0) is 0 Å². The van der Waals surface area contributed by atoms with Crippen molar-refractivity contribution in [3.63, 3.8) is 0 Å². The fourth-order valence-electron chi connectivity index (χ4n) is 1.32. The smallest absolute Gasteiger partial charge is 0.423 e. The molecule has 1 rings (SSSR count). The highest BCUT2D eigenvalue weighted by atomic mass is 16.4. The van der Waals surface area contributed by atoms with Gasteiger partial charge in [-0.25, -0.2) is 0 Å². The number of ketones is 2. The fraction of sp³-hybridized carbons (Fsp3) is 0.200. The molecule has 0 amide bonds. The van der Waals surface area contributed by atoms with Crippen LogP contribution >= 0.6 is 0 Å². The van der Waals surface area contributed by atoms with E-state index in [-0.39, 0.29) is 22.6 Å². The van der Waals surface area contributed by atoms with Gasteiger partial charge in [-0.1, -0.05) is 18.2 Å². The Morgan fingerprint density at radius 1 is 1.13 bits per heavy atom. The molecule has 0 aliphatic heterocycles. The second-order valence-corrected chi connectivity index (χ2v) is 3.29. The van der Waals surface area contributed by atoms with Crippen LogP contribution in [-0.4, -0.2) is 28.7 Å². The van der Waals surface area contributed by atoms with Gasteiger partial charge in [-0.2, -0.15) is 0 Å². The quantitative estimate of drug-likeness (QED) is 0.529. The molecule has 1 aromatic carbocycles.